The van der Waals surface area contributed by atoms with Gasteiger partial charge in [0.15, 0.2) is 0 Å². The first-order valence-corrected chi connectivity index (χ1v) is 7.52. The second-order valence-electron chi connectivity index (χ2n) is 5.83. The molecule has 0 unspecified atom stereocenters. The molecule has 0 bridgehead atoms. The zero-order valence-electron chi connectivity index (χ0n) is 12.3. The summed E-state index contributed by atoms with van der Waals surface area (Å²) in [5.74, 6) is -0.140. The van der Waals surface area contributed by atoms with Crippen molar-refractivity contribution in [1.29, 1.82) is 0 Å². The summed E-state index contributed by atoms with van der Waals surface area (Å²) in [4.78, 5) is 28.2. The van der Waals surface area contributed by atoms with Gasteiger partial charge in [-0.1, -0.05) is 12.1 Å². The summed E-state index contributed by atoms with van der Waals surface area (Å²) < 4.78 is 0. The molecule has 2 aliphatic rings. The Balaban J connectivity index is 1.74. The Bertz CT molecular complexity index is 534. The van der Waals surface area contributed by atoms with Crippen LogP contribution in [0.3, 0.4) is 0 Å². The number of hydrogen-bond donors (Lipinski definition) is 1. The Labute approximate surface area is 124 Å². The number of nitrogens with one attached hydrogen (secondary N) is 1. The quantitative estimate of drug-likeness (QED) is 0.822. The first-order chi connectivity index (χ1) is 10.1. The molecule has 1 N–H and O–H groups in total. The van der Waals surface area contributed by atoms with E-state index in [-0.39, 0.29) is 17.9 Å². The summed E-state index contributed by atoms with van der Waals surface area (Å²) >= 11 is 0. The van der Waals surface area contributed by atoms with Crippen molar-refractivity contribution in [3.05, 3.63) is 29.8 Å². The number of carbonyl (C=O) groups excluding carboxylic acids is 2. The smallest absolute Gasteiger partial charge is 0.249 e. The van der Waals surface area contributed by atoms with E-state index in [1.165, 1.54) is 4.90 Å². The molecule has 0 atom stereocenters. The average molecular weight is 287 g/mol. The zero-order valence-corrected chi connectivity index (χ0v) is 12.3. The minimum atomic E-state index is -0.0698. The van der Waals surface area contributed by atoms with Crippen LogP contribution in [0.15, 0.2) is 24.3 Å². The van der Waals surface area contributed by atoms with Crippen LogP contribution >= 0.6 is 0 Å². The number of rotatable bonds is 2. The van der Waals surface area contributed by atoms with Gasteiger partial charge in [0.1, 0.15) is 0 Å². The lowest BCUT2D eigenvalue weighted by atomic mass is 10.0. The fourth-order valence-electron chi connectivity index (χ4n) is 3.15. The van der Waals surface area contributed by atoms with Crippen LogP contribution in [0.5, 0.6) is 0 Å². The van der Waals surface area contributed by atoms with E-state index < -0.39 is 0 Å². The fourth-order valence-corrected chi connectivity index (χ4v) is 3.15. The molecule has 2 amide bonds. The van der Waals surface area contributed by atoms with Crippen LogP contribution in [-0.2, 0) is 9.59 Å². The molecule has 2 fully saturated rings. The number of nitrogens with zero attached hydrogens (tertiary/aromatic N) is 2. The molecule has 0 radical (unpaired) electrons. The van der Waals surface area contributed by atoms with Crippen molar-refractivity contribution in [2.24, 2.45) is 0 Å². The third-order valence-corrected chi connectivity index (χ3v) is 4.23. The molecule has 2 aliphatic heterocycles. The molecule has 112 valence electrons. The van der Waals surface area contributed by atoms with Gasteiger partial charge >= 0.3 is 0 Å². The number of anilines is 1. The van der Waals surface area contributed by atoms with Gasteiger partial charge in [-0.3, -0.25) is 14.5 Å². The first-order valence-electron chi connectivity index (χ1n) is 7.52. The molecule has 2 heterocycles. The summed E-state index contributed by atoms with van der Waals surface area (Å²) in [5, 5.41) is 3.26. The summed E-state index contributed by atoms with van der Waals surface area (Å²) in [7, 11) is 0. The molecule has 0 aromatic heterocycles. The first kappa shape index (κ1) is 14.1. The molecule has 0 saturated carbocycles. The van der Waals surface area contributed by atoms with Crippen molar-refractivity contribution in [2.75, 3.05) is 31.1 Å². The van der Waals surface area contributed by atoms with E-state index in [4.69, 9.17) is 0 Å². The lowest BCUT2D eigenvalue weighted by Gasteiger charge is -2.39. The van der Waals surface area contributed by atoms with Gasteiger partial charge in [0.2, 0.25) is 11.8 Å². The van der Waals surface area contributed by atoms with Gasteiger partial charge in [0, 0.05) is 11.7 Å². The predicted molar refractivity (Wildman–Crippen MR) is 81.1 cm³/mol. The standard InChI is InChI=1S/C16H21N3O2/c1-12-3-2-4-14(9-12)18-10-15(20)19(16(21)11-18)13-5-7-17-8-6-13/h2-4,9,13,17H,5-8,10-11H2,1H3. The maximum Gasteiger partial charge on any atom is 0.249 e. The Hall–Kier alpha value is -1.88. The number of aryl methyl sites for hydroxylation is 1. The van der Waals surface area contributed by atoms with E-state index in [2.05, 4.69) is 5.32 Å². The summed E-state index contributed by atoms with van der Waals surface area (Å²) in [6.07, 6.45) is 1.73. The SMILES string of the molecule is Cc1cccc(N2CC(=O)N(C3CCNCC3)C(=O)C2)c1. The van der Waals surface area contributed by atoms with E-state index in [1.807, 2.05) is 36.1 Å². The van der Waals surface area contributed by atoms with Crippen LogP contribution in [0.2, 0.25) is 0 Å². The van der Waals surface area contributed by atoms with E-state index in [9.17, 15) is 9.59 Å². The number of piperidine rings is 1. The second-order valence-corrected chi connectivity index (χ2v) is 5.83. The molecular formula is C16H21N3O2. The molecule has 5 heteroatoms. The highest BCUT2D eigenvalue weighted by atomic mass is 16.2. The van der Waals surface area contributed by atoms with Crippen LogP contribution in [0.25, 0.3) is 0 Å². The van der Waals surface area contributed by atoms with Gasteiger partial charge in [-0.2, -0.15) is 0 Å². The zero-order chi connectivity index (χ0) is 14.8. The van der Waals surface area contributed by atoms with Crippen LogP contribution in [-0.4, -0.2) is 48.9 Å². The van der Waals surface area contributed by atoms with E-state index in [1.54, 1.807) is 0 Å². The van der Waals surface area contributed by atoms with Crippen molar-refractivity contribution < 1.29 is 9.59 Å². The predicted octanol–water partition coefficient (Wildman–Crippen LogP) is 0.922. The van der Waals surface area contributed by atoms with Gasteiger partial charge in [-0.15, -0.1) is 0 Å². The number of piperazine rings is 1. The number of imide groups is 1. The third-order valence-electron chi connectivity index (χ3n) is 4.23. The van der Waals surface area contributed by atoms with Crippen molar-refractivity contribution in [1.82, 2.24) is 10.2 Å². The number of benzene rings is 1. The van der Waals surface area contributed by atoms with Crippen LogP contribution in [0.1, 0.15) is 18.4 Å². The normalized spacial score (nSPS) is 21.0. The number of hydrogen-bond acceptors (Lipinski definition) is 4. The molecule has 2 saturated heterocycles. The van der Waals surface area contributed by atoms with Crippen LogP contribution in [0, 0.1) is 6.92 Å². The summed E-state index contributed by atoms with van der Waals surface area (Å²) in [6, 6.07) is 8.01. The van der Waals surface area contributed by atoms with Crippen molar-refractivity contribution in [3.63, 3.8) is 0 Å². The second kappa shape index (κ2) is 5.85. The van der Waals surface area contributed by atoms with E-state index in [0.29, 0.717) is 13.1 Å². The highest BCUT2D eigenvalue weighted by Gasteiger charge is 2.36. The van der Waals surface area contributed by atoms with Gasteiger partial charge in [-0.25, -0.2) is 0 Å². The largest absolute Gasteiger partial charge is 0.353 e. The number of amides is 2. The van der Waals surface area contributed by atoms with E-state index in [0.717, 1.165) is 37.2 Å². The van der Waals surface area contributed by atoms with Crippen molar-refractivity contribution in [3.8, 4) is 0 Å². The number of carbonyl (C=O) groups is 2. The lowest BCUT2D eigenvalue weighted by molar-refractivity contribution is -0.148. The van der Waals surface area contributed by atoms with Crippen LogP contribution < -0.4 is 10.2 Å². The maximum atomic E-state index is 12.4. The third kappa shape index (κ3) is 2.93. The topological polar surface area (TPSA) is 52.7 Å². The van der Waals surface area contributed by atoms with Crippen molar-refractivity contribution >= 4 is 17.5 Å². The summed E-state index contributed by atoms with van der Waals surface area (Å²) in [5.41, 5.74) is 2.08. The van der Waals surface area contributed by atoms with Crippen LogP contribution in [0.4, 0.5) is 5.69 Å². The van der Waals surface area contributed by atoms with E-state index >= 15 is 0 Å². The Morgan fingerprint density at radius 1 is 1.10 bits per heavy atom. The Kier molecular flexibility index (Phi) is 3.92. The molecule has 21 heavy (non-hydrogen) atoms. The monoisotopic (exact) mass is 287 g/mol. The Morgan fingerprint density at radius 3 is 2.38 bits per heavy atom. The van der Waals surface area contributed by atoms with Gasteiger partial charge in [-0.05, 0) is 50.6 Å². The van der Waals surface area contributed by atoms with Gasteiger partial charge in [0.05, 0.1) is 13.1 Å². The average Bonchev–Trinajstić information content (AvgIpc) is 2.47. The molecular weight excluding hydrogens is 266 g/mol. The molecule has 0 spiro atoms. The molecule has 3 rings (SSSR count). The molecule has 0 aliphatic carbocycles. The summed E-state index contributed by atoms with van der Waals surface area (Å²) in [6.45, 7) is 4.35. The minimum Gasteiger partial charge on any atom is -0.353 e. The highest BCUT2D eigenvalue weighted by molar-refractivity contribution is 6.03. The molecule has 1 aromatic carbocycles. The van der Waals surface area contributed by atoms with Gasteiger partial charge < -0.3 is 10.2 Å². The molecule has 1 aromatic rings. The van der Waals surface area contributed by atoms with Gasteiger partial charge in [0.25, 0.3) is 0 Å². The highest BCUT2D eigenvalue weighted by Crippen LogP contribution is 2.22. The Morgan fingerprint density at radius 2 is 1.76 bits per heavy atom. The molecule has 5 nitrogen and oxygen atoms in total. The minimum absolute atomic E-state index is 0.0698. The van der Waals surface area contributed by atoms with Crippen molar-refractivity contribution in [2.45, 2.75) is 25.8 Å². The lowest BCUT2D eigenvalue weighted by Crippen LogP contribution is -2.59. The fraction of sp³-hybridized carbons (Fsp3) is 0.500. The maximum absolute atomic E-state index is 12.4.